The number of nitrogens with two attached hydrogens (primary N) is 1. The Morgan fingerprint density at radius 1 is 1.33 bits per heavy atom. The van der Waals surface area contributed by atoms with E-state index in [0.717, 1.165) is 0 Å². The van der Waals surface area contributed by atoms with Crippen LogP contribution in [0.3, 0.4) is 0 Å². The first-order valence-corrected chi connectivity index (χ1v) is 6.92. The maximum atomic E-state index is 12.0. The minimum atomic E-state index is -3.68. The predicted octanol–water partition coefficient (Wildman–Crippen LogP) is 1.99. The highest BCUT2D eigenvalue weighted by Gasteiger charge is 2.17. The highest BCUT2D eigenvalue weighted by molar-refractivity contribution is 7.89. The third kappa shape index (κ3) is 2.84. The van der Waals surface area contributed by atoms with Crippen molar-refractivity contribution in [2.45, 2.75) is 11.4 Å². The molecular formula is C11H11ClN2O3S. The average Bonchev–Trinajstić information content (AvgIpc) is 2.78. The number of furan rings is 1. The van der Waals surface area contributed by atoms with Crippen molar-refractivity contribution in [2.75, 3.05) is 5.73 Å². The molecule has 0 amide bonds. The number of hydrogen-bond donors (Lipinski definition) is 2. The number of rotatable bonds is 4. The summed E-state index contributed by atoms with van der Waals surface area (Å²) in [5.41, 5.74) is 5.74. The minimum Gasteiger partial charge on any atom is -0.468 e. The van der Waals surface area contributed by atoms with Crippen LogP contribution in [-0.4, -0.2) is 8.42 Å². The van der Waals surface area contributed by atoms with E-state index in [9.17, 15) is 8.42 Å². The number of benzene rings is 1. The molecule has 0 fully saturated rings. The Morgan fingerprint density at radius 2 is 2.11 bits per heavy atom. The molecule has 0 aliphatic heterocycles. The summed E-state index contributed by atoms with van der Waals surface area (Å²) in [6, 6.07) is 7.58. The van der Waals surface area contributed by atoms with E-state index in [2.05, 4.69) is 4.72 Å². The molecule has 1 heterocycles. The zero-order valence-electron chi connectivity index (χ0n) is 9.26. The quantitative estimate of drug-likeness (QED) is 0.842. The Morgan fingerprint density at radius 3 is 2.72 bits per heavy atom. The van der Waals surface area contributed by atoms with E-state index in [1.807, 2.05) is 0 Å². The molecule has 2 rings (SSSR count). The molecule has 0 spiro atoms. The van der Waals surface area contributed by atoms with Gasteiger partial charge in [-0.1, -0.05) is 11.6 Å². The van der Waals surface area contributed by atoms with Gasteiger partial charge in [-0.2, -0.15) is 0 Å². The van der Waals surface area contributed by atoms with Crippen LogP contribution in [0.15, 0.2) is 45.9 Å². The molecule has 96 valence electrons. The molecule has 0 unspecified atom stereocenters. The zero-order valence-corrected chi connectivity index (χ0v) is 10.8. The number of sulfonamides is 1. The van der Waals surface area contributed by atoms with Gasteiger partial charge in [0.1, 0.15) is 10.7 Å². The van der Waals surface area contributed by atoms with Gasteiger partial charge in [0.2, 0.25) is 10.0 Å². The van der Waals surface area contributed by atoms with Crippen LogP contribution < -0.4 is 10.5 Å². The summed E-state index contributed by atoms with van der Waals surface area (Å²) in [7, 11) is -3.68. The number of anilines is 1. The lowest BCUT2D eigenvalue weighted by Gasteiger charge is -2.08. The van der Waals surface area contributed by atoms with Gasteiger partial charge in [0.05, 0.1) is 18.5 Å². The Balaban J connectivity index is 2.20. The smallest absolute Gasteiger partial charge is 0.243 e. The van der Waals surface area contributed by atoms with Crippen LogP contribution in [0, 0.1) is 0 Å². The Hall–Kier alpha value is -1.50. The largest absolute Gasteiger partial charge is 0.468 e. The number of hydrogen-bond acceptors (Lipinski definition) is 4. The SMILES string of the molecule is Nc1cc(Cl)ccc1S(=O)(=O)NCc1ccco1. The molecule has 18 heavy (non-hydrogen) atoms. The molecule has 0 saturated carbocycles. The highest BCUT2D eigenvalue weighted by Crippen LogP contribution is 2.22. The van der Waals surface area contributed by atoms with Crippen molar-refractivity contribution in [2.24, 2.45) is 0 Å². The molecule has 0 aliphatic carbocycles. The van der Waals surface area contributed by atoms with Gasteiger partial charge in [-0.3, -0.25) is 0 Å². The maximum Gasteiger partial charge on any atom is 0.243 e. The van der Waals surface area contributed by atoms with Gasteiger partial charge in [0.25, 0.3) is 0 Å². The molecule has 3 N–H and O–H groups in total. The standard InChI is InChI=1S/C11H11ClN2O3S/c12-8-3-4-11(10(13)6-8)18(15,16)14-7-9-2-1-5-17-9/h1-6,14H,7,13H2. The second-order valence-corrected chi connectivity index (χ2v) is 5.76. The lowest BCUT2D eigenvalue weighted by Crippen LogP contribution is -2.23. The third-order valence-electron chi connectivity index (χ3n) is 2.28. The van der Waals surface area contributed by atoms with Gasteiger partial charge < -0.3 is 10.2 Å². The summed E-state index contributed by atoms with van der Waals surface area (Å²) in [6.07, 6.45) is 1.47. The fourth-order valence-corrected chi connectivity index (χ4v) is 2.71. The molecule has 2 aromatic rings. The molecule has 1 aromatic heterocycles. The average molecular weight is 287 g/mol. The first-order chi connectivity index (χ1) is 8.49. The van der Waals surface area contributed by atoms with Crippen molar-refractivity contribution < 1.29 is 12.8 Å². The lowest BCUT2D eigenvalue weighted by atomic mass is 10.3. The highest BCUT2D eigenvalue weighted by atomic mass is 35.5. The number of nitrogens with one attached hydrogen (secondary N) is 1. The number of nitrogen functional groups attached to an aromatic ring is 1. The van der Waals surface area contributed by atoms with Crippen LogP contribution in [0.2, 0.25) is 5.02 Å². The van der Waals surface area contributed by atoms with E-state index in [1.54, 1.807) is 12.1 Å². The van der Waals surface area contributed by atoms with Crippen molar-refractivity contribution in [3.63, 3.8) is 0 Å². The van der Waals surface area contributed by atoms with E-state index in [0.29, 0.717) is 10.8 Å². The predicted molar refractivity (Wildman–Crippen MR) is 68.6 cm³/mol. The maximum absolute atomic E-state index is 12.0. The van der Waals surface area contributed by atoms with Crippen LogP contribution in [0.1, 0.15) is 5.76 Å². The molecule has 0 radical (unpaired) electrons. The zero-order chi connectivity index (χ0) is 13.2. The summed E-state index contributed by atoms with van der Waals surface area (Å²) in [5.74, 6) is 0.520. The van der Waals surface area contributed by atoms with Crippen molar-refractivity contribution in [3.05, 3.63) is 47.4 Å². The summed E-state index contributed by atoms with van der Waals surface area (Å²) in [5, 5.41) is 0.387. The van der Waals surface area contributed by atoms with E-state index < -0.39 is 10.0 Å². The normalized spacial score (nSPS) is 11.6. The minimum absolute atomic E-state index is 0.00143. The second kappa shape index (κ2) is 5.01. The van der Waals surface area contributed by atoms with Crippen molar-refractivity contribution in [1.82, 2.24) is 4.72 Å². The summed E-state index contributed by atoms with van der Waals surface area (Å²) < 4.78 is 31.4. The molecule has 0 aliphatic rings. The summed E-state index contributed by atoms with van der Waals surface area (Å²) in [6.45, 7) is 0.0669. The molecule has 0 atom stereocenters. The lowest BCUT2D eigenvalue weighted by molar-refractivity contribution is 0.498. The summed E-state index contributed by atoms with van der Waals surface area (Å²) >= 11 is 5.72. The van der Waals surface area contributed by atoms with Gasteiger partial charge >= 0.3 is 0 Å². The number of halogens is 1. The van der Waals surface area contributed by atoms with Crippen LogP contribution >= 0.6 is 11.6 Å². The molecule has 0 saturated heterocycles. The van der Waals surface area contributed by atoms with Gasteiger partial charge in [-0.05, 0) is 30.3 Å². The molecule has 0 bridgehead atoms. The van der Waals surface area contributed by atoms with Gasteiger partial charge in [-0.25, -0.2) is 13.1 Å². The molecule has 7 heteroatoms. The Bertz CT molecular complexity index is 638. The third-order valence-corrected chi connectivity index (χ3v) is 3.99. The van der Waals surface area contributed by atoms with E-state index >= 15 is 0 Å². The second-order valence-electron chi connectivity index (χ2n) is 3.59. The first kappa shape index (κ1) is 12.9. The first-order valence-electron chi connectivity index (χ1n) is 5.06. The summed E-state index contributed by atoms with van der Waals surface area (Å²) in [4.78, 5) is -0.00143. The Labute approximate surface area is 110 Å². The van der Waals surface area contributed by atoms with Crippen molar-refractivity contribution in [1.29, 1.82) is 0 Å². The van der Waals surface area contributed by atoms with Gasteiger partial charge in [-0.15, -0.1) is 0 Å². The topological polar surface area (TPSA) is 85.3 Å². The van der Waals surface area contributed by atoms with Gasteiger partial charge in [0.15, 0.2) is 0 Å². The fraction of sp³-hybridized carbons (Fsp3) is 0.0909. The molecule has 1 aromatic carbocycles. The molecule has 5 nitrogen and oxygen atoms in total. The fourth-order valence-electron chi connectivity index (χ4n) is 1.42. The van der Waals surface area contributed by atoms with Crippen LogP contribution in [-0.2, 0) is 16.6 Å². The Kier molecular flexibility index (Phi) is 3.60. The molecular weight excluding hydrogens is 276 g/mol. The monoisotopic (exact) mass is 286 g/mol. The van der Waals surface area contributed by atoms with Crippen molar-refractivity contribution >= 4 is 27.3 Å². The van der Waals surface area contributed by atoms with E-state index in [1.165, 1.54) is 24.5 Å². The van der Waals surface area contributed by atoms with Crippen LogP contribution in [0.25, 0.3) is 0 Å². The van der Waals surface area contributed by atoms with Crippen LogP contribution in [0.5, 0.6) is 0 Å². The van der Waals surface area contributed by atoms with Crippen LogP contribution in [0.4, 0.5) is 5.69 Å². The van der Waals surface area contributed by atoms with E-state index in [-0.39, 0.29) is 17.1 Å². The van der Waals surface area contributed by atoms with E-state index in [4.69, 9.17) is 21.8 Å². The van der Waals surface area contributed by atoms with Gasteiger partial charge in [0, 0.05) is 5.02 Å². The van der Waals surface area contributed by atoms with Crippen molar-refractivity contribution in [3.8, 4) is 0 Å².